The molecular weight excluding hydrogens is 344 g/mol. The van der Waals surface area contributed by atoms with E-state index in [0.717, 1.165) is 25.6 Å². The summed E-state index contributed by atoms with van der Waals surface area (Å²) in [4.78, 5) is 5.32. The maximum absolute atomic E-state index is 6.41. The van der Waals surface area contributed by atoms with Crippen LogP contribution in [0.3, 0.4) is 0 Å². The van der Waals surface area contributed by atoms with Gasteiger partial charge >= 0.3 is 0 Å². The highest BCUT2D eigenvalue weighted by atomic mass is 79.9. The molecule has 3 aromatic rings. The number of rotatable bonds is 3. The van der Waals surface area contributed by atoms with E-state index in [0.29, 0.717) is 6.54 Å². The summed E-state index contributed by atoms with van der Waals surface area (Å²) < 4.78 is 2.03. The Morgan fingerprint density at radius 3 is 2.84 bits per heavy atom. The van der Waals surface area contributed by atoms with Crippen LogP contribution in [-0.2, 0) is 6.54 Å². The van der Waals surface area contributed by atoms with E-state index in [9.17, 15) is 0 Å². The normalized spacial score (nSPS) is 10.8. The lowest BCUT2D eigenvalue weighted by atomic mass is 10.2. The van der Waals surface area contributed by atoms with Crippen LogP contribution in [0, 0.1) is 0 Å². The summed E-state index contributed by atoms with van der Waals surface area (Å²) in [6, 6.07) is 12.1. The molecule has 0 spiro atoms. The van der Waals surface area contributed by atoms with Crippen LogP contribution in [0.25, 0.3) is 10.1 Å². The third kappa shape index (κ3) is 2.61. The number of fused-ring (bicyclic) bond motifs is 1. The van der Waals surface area contributed by atoms with E-state index >= 15 is 0 Å². The van der Waals surface area contributed by atoms with Crippen molar-refractivity contribution in [3.8, 4) is 0 Å². The molecule has 0 aliphatic heterocycles. The van der Waals surface area contributed by atoms with Crippen molar-refractivity contribution in [2.75, 3.05) is 5.32 Å². The Labute approximate surface area is 128 Å². The molecule has 0 aliphatic rings. The van der Waals surface area contributed by atoms with Crippen molar-refractivity contribution < 1.29 is 0 Å². The zero-order chi connectivity index (χ0) is 13.2. The molecule has 1 N–H and O–H groups in total. The minimum atomic E-state index is 0.697. The molecule has 0 radical (unpaired) electrons. The number of anilines is 1. The highest BCUT2D eigenvalue weighted by molar-refractivity contribution is 9.10. The molecule has 0 unspecified atom stereocenters. The summed E-state index contributed by atoms with van der Waals surface area (Å²) in [5, 5.41) is 5.31. The first-order valence-electron chi connectivity index (χ1n) is 5.76. The summed E-state index contributed by atoms with van der Waals surface area (Å²) in [5.74, 6) is 0. The molecule has 0 aliphatic carbocycles. The molecule has 0 bridgehead atoms. The molecule has 1 aromatic carbocycles. The highest BCUT2D eigenvalue weighted by Gasteiger charge is 2.10. The third-order valence-corrected chi connectivity index (χ3v) is 5.15. The van der Waals surface area contributed by atoms with Crippen LogP contribution in [0.5, 0.6) is 0 Å². The lowest BCUT2D eigenvalue weighted by molar-refractivity contribution is 1.16. The van der Waals surface area contributed by atoms with Crippen molar-refractivity contribution in [1.29, 1.82) is 0 Å². The molecule has 5 heteroatoms. The monoisotopic (exact) mass is 352 g/mol. The fourth-order valence-electron chi connectivity index (χ4n) is 1.87. The summed E-state index contributed by atoms with van der Waals surface area (Å²) in [7, 11) is 0. The standard InChI is InChI=1S/C14H10BrClN2S/c15-14-10(5-3-7-17-14)18-8-12-13(16)9-4-1-2-6-11(9)19-12/h1-7,18H,8H2. The Hall–Kier alpha value is -1.10. The largest absolute Gasteiger partial charge is 0.378 e. The molecule has 0 saturated carbocycles. The van der Waals surface area contributed by atoms with Gasteiger partial charge in [-0.25, -0.2) is 4.98 Å². The van der Waals surface area contributed by atoms with Crippen LogP contribution >= 0.6 is 38.9 Å². The summed E-state index contributed by atoms with van der Waals surface area (Å²) in [5.41, 5.74) is 0.969. The van der Waals surface area contributed by atoms with Crippen molar-refractivity contribution in [3.63, 3.8) is 0 Å². The fraction of sp³-hybridized carbons (Fsp3) is 0.0714. The molecule has 0 saturated heterocycles. The van der Waals surface area contributed by atoms with E-state index in [4.69, 9.17) is 11.6 Å². The average Bonchev–Trinajstić information content (AvgIpc) is 2.75. The van der Waals surface area contributed by atoms with E-state index in [-0.39, 0.29) is 0 Å². The average molecular weight is 354 g/mol. The van der Waals surface area contributed by atoms with Crippen LogP contribution in [-0.4, -0.2) is 4.98 Å². The maximum Gasteiger partial charge on any atom is 0.129 e. The second-order valence-corrected chi connectivity index (χ2v) is 6.30. The molecule has 3 rings (SSSR count). The molecule has 2 heterocycles. The van der Waals surface area contributed by atoms with Gasteiger partial charge < -0.3 is 5.32 Å². The first-order chi connectivity index (χ1) is 9.25. The maximum atomic E-state index is 6.41. The third-order valence-electron chi connectivity index (χ3n) is 2.80. The molecule has 96 valence electrons. The van der Waals surface area contributed by atoms with Gasteiger partial charge in [0, 0.05) is 21.2 Å². The van der Waals surface area contributed by atoms with Gasteiger partial charge in [0.05, 0.1) is 17.3 Å². The van der Waals surface area contributed by atoms with Gasteiger partial charge in [-0.15, -0.1) is 11.3 Å². The quantitative estimate of drug-likeness (QED) is 0.644. The van der Waals surface area contributed by atoms with Crippen molar-refractivity contribution in [2.45, 2.75) is 6.54 Å². The van der Waals surface area contributed by atoms with Crippen molar-refractivity contribution in [1.82, 2.24) is 4.98 Å². The Kier molecular flexibility index (Phi) is 3.73. The smallest absolute Gasteiger partial charge is 0.129 e. The van der Waals surface area contributed by atoms with Gasteiger partial charge in [-0.05, 0) is 34.1 Å². The van der Waals surface area contributed by atoms with Crippen molar-refractivity contribution in [2.24, 2.45) is 0 Å². The molecular formula is C14H10BrClN2S. The number of pyridine rings is 1. The lowest BCUT2D eigenvalue weighted by Crippen LogP contribution is -1.99. The molecule has 0 fully saturated rings. The van der Waals surface area contributed by atoms with E-state index in [1.165, 1.54) is 4.70 Å². The van der Waals surface area contributed by atoms with Crippen LogP contribution in [0.1, 0.15) is 4.88 Å². The predicted molar refractivity (Wildman–Crippen MR) is 86.1 cm³/mol. The number of nitrogens with one attached hydrogen (secondary N) is 1. The SMILES string of the molecule is Clc1c(CNc2cccnc2Br)sc2ccccc12. The first-order valence-corrected chi connectivity index (χ1v) is 7.75. The van der Waals surface area contributed by atoms with Gasteiger partial charge in [-0.2, -0.15) is 0 Å². The highest BCUT2D eigenvalue weighted by Crippen LogP contribution is 2.35. The first kappa shape index (κ1) is 12.9. The van der Waals surface area contributed by atoms with Crippen LogP contribution in [0.4, 0.5) is 5.69 Å². The number of halogens is 2. The molecule has 2 nitrogen and oxygen atoms in total. The Morgan fingerprint density at radius 1 is 1.21 bits per heavy atom. The second kappa shape index (κ2) is 5.49. The number of aromatic nitrogens is 1. The fourth-order valence-corrected chi connectivity index (χ4v) is 3.70. The Morgan fingerprint density at radius 2 is 2.05 bits per heavy atom. The lowest BCUT2D eigenvalue weighted by Gasteiger charge is -2.06. The van der Waals surface area contributed by atoms with Crippen LogP contribution in [0.15, 0.2) is 47.2 Å². The van der Waals surface area contributed by atoms with Gasteiger partial charge in [-0.3, -0.25) is 0 Å². The van der Waals surface area contributed by atoms with Crippen LogP contribution in [0.2, 0.25) is 5.02 Å². The van der Waals surface area contributed by atoms with Gasteiger partial charge in [0.1, 0.15) is 4.60 Å². The molecule has 0 atom stereocenters. The molecule has 0 amide bonds. The van der Waals surface area contributed by atoms with Gasteiger partial charge in [0.15, 0.2) is 0 Å². The van der Waals surface area contributed by atoms with E-state index < -0.39 is 0 Å². The molecule has 19 heavy (non-hydrogen) atoms. The number of hydrogen-bond acceptors (Lipinski definition) is 3. The van der Waals surface area contributed by atoms with Crippen molar-refractivity contribution >= 4 is 54.6 Å². The van der Waals surface area contributed by atoms with Crippen LogP contribution < -0.4 is 5.32 Å². The summed E-state index contributed by atoms with van der Waals surface area (Å²) in [6.07, 6.45) is 1.75. The minimum absolute atomic E-state index is 0.697. The predicted octanol–water partition coefficient (Wildman–Crippen LogP) is 5.32. The van der Waals surface area contributed by atoms with E-state index in [1.807, 2.05) is 24.3 Å². The zero-order valence-corrected chi connectivity index (χ0v) is 13.0. The molecule has 2 aromatic heterocycles. The van der Waals surface area contributed by atoms with Gasteiger partial charge in [0.2, 0.25) is 0 Å². The van der Waals surface area contributed by atoms with Crippen molar-refractivity contribution in [3.05, 3.63) is 57.1 Å². The van der Waals surface area contributed by atoms with Gasteiger partial charge in [-0.1, -0.05) is 29.8 Å². The Bertz CT molecular complexity index is 726. The zero-order valence-electron chi connectivity index (χ0n) is 9.86. The minimum Gasteiger partial charge on any atom is -0.378 e. The second-order valence-electron chi connectivity index (χ2n) is 4.03. The summed E-state index contributed by atoms with van der Waals surface area (Å²) in [6.45, 7) is 0.697. The van der Waals surface area contributed by atoms with E-state index in [1.54, 1.807) is 17.5 Å². The Balaban J connectivity index is 1.86. The topological polar surface area (TPSA) is 24.9 Å². The number of nitrogens with zero attached hydrogens (tertiary/aromatic N) is 1. The number of benzene rings is 1. The van der Waals surface area contributed by atoms with E-state index in [2.05, 4.69) is 38.4 Å². The number of thiophene rings is 1. The number of hydrogen-bond donors (Lipinski definition) is 1. The van der Waals surface area contributed by atoms with Gasteiger partial charge in [0.25, 0.3) is 0 Å². The summed E-state index contributed by atoms with van der Waals surface area (Å²) >= 11 is 11.5.